The number of anilines is 2. The van der Waals surface area contributed by atoms with Crippen molar-refractivity contribution in [2.45, 2.75) is 33.6 Å². The van der Waals surface area contributed by atoms with E-state index in [4.69, 9.17) is 10.7 Å². The monoisotopic (exact) mass is 303 g/mol. The minimum Gasteiger partial charge on any atom is -0.383 e. The van der Waals surface area contributed by atoms with Crippen LogP contribution in [0.15, 0.2) is 0 Å². The van der Waals surface area contributed by atoms with E-state index >= 15 is 0 Å². The number of Topliss-reactive ketones (excluding diaryl/α,β-unsaturated/α-hetero) is 1. The summed E-state index contributed by atoms with van der Waals surface area (Å²) < 4.78 is 0. The molecule has 1 aromatic heterocycles. The van der Waals surface area contributed by atoms with Crippen LogP contribution in [0, 0.1) is 5.41 Å². The molecule has 0 unspecified atom stereocenters. The molecule has 2 heterocycles. The second-order valence-electron chi connectivity index (χ2n) is 7.09. The summed E-state index contributed by atoms with van der Waals surface area (Å²) >= 11 is 0. The summed E-state index contributed by atoms with van der Waals surface area (Å²) in [6, 6.07) is 0. The van der Waals surface area contributed by atoms with E-state index in [2.05, 4.69) is 35.6 Å². The van der Waals surface area contributed by atoms with Crippen LogP contribution >= 0.6 is 0 Å². The van der Waals surface area contributed by atoms with Crippen molar-refractivity contribution in [3.63, 3.8) is 0 Å². The molecule has 0 saturated carbocycles. The number of carbonyl (C=O) groups excluding carboxylic acids is 1. The van der Waals surface area contributed by atoms with E-state index in [9.17, 15) is 4.79 Å². The summed E-state index contributed by atoms with van der Waals surface area (Å²) in [5, 5.41) is 0. The topological polar surface area (TPSA) is 75.3 Å². The van der Waals surface area contributed by atoms with Crippen molar-refractivity contribution in [2.75, 3.05) is 43.4 Å². The van der Waals surface area contributed by atoms with Gasteiger partial charge in [0, 0.05) is 32.6 Å². The largest absolute Gasteiger partial charge is 0.383 e. The molecule has 1 saturated heterocycles. The van der Waals surface area contributed by atoms with Crippen LogP contribution in [0.5, 0.6) is 0 Å². The van der Waals surface area contributed by atoms with Gasteiger partial charge in [0.15, 0.2) is 5.78 Å². The van der Waals surface area contributed by atoms with Crippen molar-refractivity contribution < 1.29 is 4.79 Å². The number of nitrogen functional groups attached to an aromatic ring is 1. The Bertz CT molecular complexity index is 590. The highest BCUT2D eigenvalue weighted by atomic mass is 16.1. The maximum atomic E-state index is 12.3. The van der Waals surface area contributed by atoms with Crippen molar-refractivity contribution in [1.29, 1.82) is 0 Å². The normalized spacial score (nSPS) is 21.8. The van der Waals surface area contributed by atoms with Crippen LogP contribution in [0.2, 0.25) is 0 Å². The number of likely N-dealkylation sites (N-methyl/N-ethyl adjacent to an activating group) is 1. The fourth-order valence-corrected chi connectivity index (χ4v) is 3.39. The predicted molar refractivity (Wildman–Crippen MR) is 87.2 cm³/mol. The van der Waals surface area contributed by atoms with Crippen LogP contribution in [0.4, 0.5) is 11.8 Å². The quantitative estimate of drug-likeness (QED) is 0.889. The molecule has 120 valence electrons. The third-order valence-electron chi connectivity index (χ3n) is 4.67. The number of rotatable bonds is 2. The summed E-state index contributed by atoms with van der Waals surface area (Å²) in [5.41, 5.74) is 7.39. The third kappa shape index (κ3) is 2.79. The van der Waals surface area contributed by atoms with E-state index in [1.165, 1.54) is 0 Å². The van der Waals surface area contributed by atoms with E-state index in [1.54, 1.807) is 0 Å². The lowest BCUT2D eigenvalue weighted by Gasteiger charge is -2.35. The predicted octanol–water partition coefficient (Wildman–Crippen LogP) is 1.36. The highest BCUT2D eigenvalue weighted by Gasteiger charge is 2.34. The number of ketones is 1. The zero-order valence-electron chi connectivity index (χ0n) is 13.7. The molecular formula is C16H25N5O. The maximum absolute atomic E-state index is 12.3. The molecule has 0 amide bonds. The van der Waals surface area contributed by atoms with Crippen molar-refractivity contribution >= 4 is 17.5 Å². The molecule has 1 aliphatic heterocycles. The fourth-order valence-electron chi connectivity index (χ4n) is 3.39. The average Bonchev–Trinajstić information content (AvgIpc) is 2.45. The van der Waals surface area contributed by atoms with Gasteiger partial charge in [-0.15, -0.1) is 0 Å². The number of hydrogen-bond acceptors (Lipinski definition) is 6. The first-order valence-electron chi connectivity index (χ1n) is 8.06. The minimum absolute atomic E-state index is 0.0525. The van der Waals surface area contributed by atoms with Crippen molar-refractivity contribution in [2.24, 2.45) is 5.41 Å². The van der Waals surface area contributed by atoms with Crippen molar-refractivity contribution in [1.82, 2.24) is 14.9 Å². The number of piperazine rings is 1. The highest BCUT2D eigenvalue weighted by Crippen LogP contribution is 2.36. The van der Waals surface area contributed by atoms with Crippen LogP contribution in [0.1, 0.15) is 43.2 Å². The third-order valence-corrected chi connectivity index (χ3v) is 4.67. The molecule has 0 bridgehead atoms. The molecule has 22 heavy (non-hydrogen) atoms. The molecule has 3 rings (SSSR count). The molecule has 1 aliphatic carbocycles. The summed E-state index contributed by atoms with van der Waals surface area (Å²) in [7, 11) is 0. The number of carbonyl (C=O) groups is 1. The lowest BCUT2D eigenvalue weighted by atomic mass is 9.76. The van der Waals surface area contributed by atoms with Crippen molar-refractivity contribution in [3.8, 4) is 0 Å². The smallest absolute Gasteiger partial charge is 0.227 e. The van der Waals surface area contributed by atoms with Gasteiger partial charge in [-0.2, -0.15) is 4.98 Å². The van der Waals surface area contributed by atoms with Crippen LogP contribution in [-0.4, -0.2) is 53.4 Å². The van der Waals surface area contributed by atoms with Gasteiger partial charge < -0.3 is 15.5 Å². The van der Waals surface area contributed by atoms with Crippen LogP contribution in [0.25, 0.3) is 0 Å². The van der Waals surface area contributed by atoms with Gasteiger partial charge in [0.2, 0.25) is 5.95 Å². The molecule has 0 radical (unpaired) electrons. The molecule has 6 nitrogen and oxygen atoms in total. The highest BCUT2D eigenvalue weighted by molar-refractivity contribution is 6.02. The second-order valence-corrected chi connectivity index (χ2v) is 7.09. The summed E-state index contributed by atoms with van der Waals surface area (Å²) in [4.78, 5) is 26.0. The first kappa shape index (κ1) is 15.2. The molecule has 2 N–H and O–H groups in total. The molecule has 1 aromatic rings. The Balaban J connectivity index is 1.89. The maximum Gasteiger partial charge on any atom is 0.227 e. The van der Waals surface area contributed by atoms with E-state index in [1.807, 2.05) is 0 Å². The Labute approximate surface area is 131 Å². The van der Waals surface area contributed by atoms with Gasteiger partial charge >= 0.3 is 0 Å². The van der Waals surface area contributed by atoms with E-state index in [0.29, 0.717) is 23.8 Å². The lowest BCUT2D eigenvalue weighted by Crippen LogP contribution is -2.47. The zero-order valence-corrected chi connectivity index (χ0v) is 13.7. The zero-order chi connectivity index (χ0) is 15.9. The number of fused-ring (bicyclic) bond motifs is 1. The van der Waals surface area contributed by atoms with Gasteiger partial charge in [0.05, 0.1) is 11.3 Å². The molecule has 1 fully saturated rings. The summed E-state index contributed by atoms with van der Waals surface area (Å²) in [6.07, 6.45) is 1.30. The molecule has 0 aromatic carbocycles. The van der Waals surface area contributed by atoms with Crippen LogP contribution in [-0.2, 0) is 6.42 Å². The Morgan fingerprint density at radius 3 is 2.45 bits per heavy atom. The van der Waals surface area contributed by atoms with E-state index < -0.39 is 0 Å². The molecule has 0 spiro atoms. The van der Waals surface area contributed by atoms with E-state index in [-0.39, 0.29) is 11.2 Å². The first-order chi connectivity index (χ1) is 10.4. The SMILES string of the molecule is CCN1CCN(c2nc(N)c3c(n2)CC(C)(C)CC3=O)CC1. The minimum atomic E-state index is -0.0525. The van der Waals surface area contributed by atoms with Gasteiger partial charge in [-0.05, 0) is 18.4 Å². The van der Waals surface area contributed by atoms with Crippen LogP contribution < -0.4 is 10.6 Å². The van der Waals surface area contributed by atoms with Gasteiger partial charge in [0.25, 0.3) is 0 Å². The summed E-state index contributed by atoms with van der Waals surface area (Å²) in [5.74, 6) is 1.10. The van der Waals surface area contributed by atoms with Gasteiger partial charge in [-0.3, -0.25) is 4.79 Å². The molecular weight excluding hydrogens is 278 g/mol. The first-order valence-corrected chi connectivity index (χ1v) is 8.06. The lowest BCUT2D eigenvalue weighted by molar-refractivity contribution is 0.0911. The molecule has 0 atom stereocenters. The average molecular weight is 303 g/mol. The second kappa shape index (κ2) is 5.50. The fraction of sp³-hybridized carbons (Fsp3) is 0.688. The number of aromatic nitrogens is 2. The molecule has 2 aliphatic rings. The Morgan fingerprint density at radius 1 is 1.14 bits per heavy atom. The van der Waals surface area contributed by atoms with Crippen molar-refractivity contribution in [3.05, 3.63) is 11.3 Å². The van der Waals surface area contributed by atoms with Gasteiger partial charge in [-0.1, -0.05) is 20.8 Å². The Morgan fingerprint density at radius 2 is 1.82 bits per heavy atom. The summed E-state index contributed by atoms with van der Waals surface area (Å²) in [6.45, 7) is 11.3. The van der Waals surface area contributed by atoms with E-state index in [0.717, 1.165) is 44.8 Å². The molecule has 6 heteroatoms. The Hall–Kier alpha value is -1.69. The van der Waals surface area contributed by atoms with Gasteiger partial charge in [-0.25, -0.2) is 4.98 Å². The van der Waals surface area contributed by atoms with Gasteiger partial charge in [0.1, 0.15) is 5.82 Å². The Kier molecular flexibility index (Phi) is 3.80. The standard InChI is InChI=1S/C16H25N5O/c1-4-20-5-7-21(8-6-20)15-18-11-9-16(2,3)10-12(22)13(11)14(17)19-15/h4-10H2,1-3H3,(H2,17,18,19). The number of nitrogens with zero attached hydrogens (tertiary/aromatic N) is 4. The number of nitrogens with two attached hydrogens (primary N) is 1. The number of hydrogen-bond donors (Lipinski definition) is 1. The van der Waals surface area contributed by atoms with Crippen LogP contribution in [0.3, 0.4) is 0 Å².